The number of ether oxygens (including phenoxy) is 1. The van der Waals surface area contributed by atoms with Crippen molar-refractivity contribution in [1.29, 1.82) is 0 Å². The summed E-state index contributed by atoms with van der Waals surface area (Å²) in [5.41, 5.74) is 0.796. The zero-order valence-corrected chi connectivity index (χ0v) is 14.9. The second-order valence-corrected chi connectivity index (χ2v) is 7.44. The van der Waals surface area contributed by atoms with Crippen molar-refractivity contribution in [1.82, 2.24) is 4.72 Å². The van der Waals surface area contributed by atoms with Crippen LogP contribution < -0.4 is 4.72 Å². The van der Waals surface area contributed by atoms with Gasteiger partial charge in [0.25, 0.3) is 0 Å². The maximum absolute atomic E-state index is 12.1. The van der Waals surface area contributed by atoms with E-state index < -0.39 is 16.0 Å². The number of benzene rings is 2. The van der Waals surface area contributed by atoms with Crippen LogP contribution in [0.2, 0.25) is 10.0 Å². The number of hydrogen-bond acceptors (Lipinski definition) is 4. The zero-order chi connectivity index (χ0) is 17.6. The smallest absolute Gasteiger partial charge is 0.307 e. The Hall–Kier alpha value is -1.60. The van der Waals surface area contributed by atoms with E-state index in [-0.39, 0.29) is 29.5 Å². The van der Waals surface area contributed by atoms with E-state index in [0.29, 0.717) is 5.02 Å². The first-order chi connectivity index (χ1) is 11.4. The minimum absolute atomic E-state index is 0.0267. The van der Waals surface area contributed by atoms with Crippen molar-refractivity contribution in [2.24, 2.45) is 0 Å². The molecule has 0 aromatic heterocycles. The van der Waals surface area contributed by atoms with Gasteiger partial charge in [0, 0.05) is 11.6 Å². The average Bonchev–Trinajstić information content (AvgIpc) is 2.54. The lowest BCUT2D eigenvalue weighted by molar-refractivity contribution is -0.144. The van der Waals surface area contributed by atoms with Crippen LogP contribution in [0.1, 0.15) is 12.0 Å². The maximum atomic E-state index is 12.1. The Balaban J connectivity index is 1.80. The molecule has 0 saturated heterocycles. The number of rotatable bonds is 7. The van der Waals surface area contributed by atoms with Crippen molar-refractivity contribution in [2.45, 2.75) is 17.9 Å². The predicted octanol–water partition coefficient (Wildman–Crippen LogP) is 3.41. The summed E-state index contributed by atoms with van der Waals surface area (Å²) in [7, 11) is -3.76. The lowest BCUT2D eigenvalue weighted by Crippen LogP contribution is -2.27. The maximum Gasteiger partial charge on any atom is 0.307 e. The number of carbonyl (C=O) groups excluding carboxylic acids is 1. The highest BCUT2D eigenvalue weighted by atomic mass is 35.5. The molecule has 128 valence electrons. The normalized spacial score (nSPS) is 11.2. The van der Waals surface area contributed by atoms with Gasteiger partial charge in [0.1, 0.15) is 11.5 Å². The number of carbonyl (C=O) groups is 1. The third-order valence-electron chi connectivity index (χ3n) is 3.06. The molecule has 0 amide bonds. The molecular formula is C16H15Cl2NO4S. The van der Waals surface area contributed by atoms with Crippen LogP contribution in [0.15, 0.2) is 53.4 Å². The van der Waals surface area contributed by atoms with Gasteiger partial charge in [-0.3, -0.25) is 4.79 Å². The largest absolute Gasteiger partial charge is 0.461 e. The third kappa shape index (κ3) is 5.49. The van der Waals surface area contributed by atoms with Gasteiger partial charge in [-0.1, -0.05) is 47.5 Å². The Labute approximate surface area is 150 Å². The van der Waals surface area contributed by atoms with Crippen molar-refractivity contribution < 1.29 is 17.9 Å². The summed E-state index contributed by atoms with van der Waals surface area (Å²) in [6.45, 7) is 0.0280. The Bertz CT molecular complexity index is 807. The molecule has 0 aliphatic rings. The Morgan fingerprint density at radius 3 is 2.38 bits per heavy atom. The molecule has 0 fully saturated rings. The van der Waals surface area contributed by atoms with Gasteiger partial charge < -0.3 is 4.74 Å². The van der Waals surface area contributed by atoms with E-state index in [1.165, 1.54) is 12.1 Å². The van der Waals surface area contributed by atoms with Gasteiger partial charge in [-0.15, -0.1) is 0 Å². The van der Waals surface area contributed by atoms with Crippen LogP contribution in [0.5, 0.6) is 0 Å². The van der Waals surface area contributed by atoms with Crippen molar-refractivity contribution >= 4 is 39.2 Å². The highest BCUT2D eigenvalue weighted by Crippen LogP contribution is 2.20. The molecule has 0 aliphatic carbocycles. The molecule has 0 unspecified atom stereocenters. The van der Waals surface area contributed by atoms with E-state index in [1.807, 2.05) is 0 Å². The fourth-order valence-corrected chi connectivity index (χ4v) is 3.52. The number of sulfonamides is 1. The fourth-order valence-electron chi connectivity index (χ4n) is 1.84. The standard InChI is InChI=1S/C16H15Cl2NO4S/c17-13-7-5-12(6-8-13)11-23-16(20)9-10-19-24(21,22)15-4-2-1-3-14(15)18/h1-8,19H,9-11H2. The van der Waals surface area contributed by atoms with Gasteiger partial charge in [-0.25, -0.2) is 13.1 Å². The second kappa shape index (κ2) is 8.48. The molecule has 0 radical (unpaired) electrons. The topological polar surface area (TPSA) is 72.5 Å². The molecule has 0 bridgehead atoms. The molecule has 0 spiro atoms. The quantitative estimate of drug-likeness (QED) is 0.738. The van der Waals surface area contributed by atoms with E-state index in [9.17, 15) is 13.2 Å². The van der Waals surface area contributed by atoms with Crippen LogP contribution in [0, 0.1) is 0 Å². The molecule has 5 nitrogen and oxygen atoms in total. The summed E-state index contributed by atoms with van der Waals surface area (Å²) in [5.74, 6) is -0.508. The van der Waals surface area contributed by atoms with Crippen molar-refractivity contribution in [3.63, 3.8) is 0 Å². The SMILES string of the molecule is O=C(CCNS(=O)(=O)c1ccccc1Cl)OCc1ccc(Cl)cc1. The summed E-state index contributed by atoms with van der Waals surface area (Å²) in [6.07, 6.45) is -0.0860. The summed E-state index contributed by atoms with van der Waals surface area (Å²) in [5, 5.41) is 0.717. The van der Waals surface area contributed by atoms with Gasteiger partial charge in [-0.05, 0) is 29.8 Å². The Morgan fingerprint density at radius 1 is 1.04 bits per heavy atom. The van der Waals surface area contributed by atoms with Gasteiger partial charge in [0.05, 0.1) is 11.4 Å². The van der Waals surface area contributed by atoms with Crippen molar-refractivity contribution in [3.05, 3.63) is 64.1 Å². The monoisotopic (exact) mass is 387 g/mol. The molecular weight excluding hydrogens is 373 g/mol. The average molecular weight is 388 g/mol. The molecule has 0 atom stereocenters. The molecule has 0 aliphatic heterocycles. The van der Waals surface area contributed by atoms with Crippen LogP contribution in [0.25, 0.3) is 0 Å². The third-order valence-corrected chi connectivity index (χ3v) is 5.27. The Kier molecular flexibility index (Phi) is 6.62. The summed E-state index contributed by atoms with van der Waals surface area (Å²) < 4.78 is 31.6. The fraction of sp³-hybridized carbons (Fsp3) is 0.188. The van der Waals surface area contributed by atoms with E-state index >= 15 is 0 Å². The Morgan fingerprint density at radius 2 is 1.71 bits per heavy atom. The van der Waals surface area contributed by atoms with Crippen LogP contribution in [0.3, 0.4) is 0 Å². The molecule has 0 saturated carbocycles. The van der Waals surface area contributed by atoms with Crippen molar-refractivity contribution in [2.75, 3.05) is 6.54 Å². The van der Waals surface area contributed by atoms with E-state index in [0.717, 1.165) is 5.56 Å². The van der Waals surface area contributed by atoms with Crippen LogP contribution in [0.4, 0.5) is 0 Å². The van der Waals surface area contributed by atoms with Gasteiger partial charge in [0.2, 0.25) is 10.0 Å². The molecule has 2 aromatic rings. The first-order valence-corrected chi connectivity index (χ1v) is 9.26. The van der Waals surface area contributed by atoms with E-state index in [1.54, 1.807) is 36.4 Å². The lowest BCUT2D eigenvalue weighted by Gasteiger charge is -2.08. The van der Waals surface area contributed by atoms with Crippen LogP contribution >= 0.6 is 23.2 Å². The molecule has 8 heteroatoms. The van der Waals surface area contributed by atoms with Gasteiger partial charge in [0.15, 0.2) is 0 Å². The van der Waals surface area contributed by atoms with Crippen LogP contribution in [-0.4, -0.2) is 20.9 Å². The lowest BCUT2D eigenvalue weighted by atomic mass is 10.2. The molecule has 2 rings (SSSR count). The molecule has 0 heterocycles. The summed E-state index contributed by atoms with van der Waals surface area (Å²) in [4.78, 5) is 11.6. The minimum atomic E-state index is -3.76. The zero-order valence-electron chi connectivity index (χ0n) is 12.5. The highest BCUT2D eigenvalue weighted by molar-refractivity contribution is 7.89. The molecule has 2 aromatic carbocycles. The number of nitrogens with one attached hydrogen (secondary N) is 1. The van der Waals surface area contributed by atoms with Gasteiger partial charge >= 0.3 is 5.97 Å². The summed E-state index contributed by atoms with van der Waals surface area (Å²) in [6, 6.07) is 13.0. The van der Waals surface area contributed by atoms with E-state index in [4.69, 9.17) is 27.9 Å². The second-order valence-electron chi connectivity index (χ2n) is 4.87. The van der Waals surface area contributed by atoms with Crippen molar-refractivity contribution in [3.8, 4) is 0 Å². The minimum Gasteiger partial charge on any atom is -0.461 e. The predicted molar refractivity (Wildman–Crippen MR) is 92.5 cm³/mol. The first-order valence-electron chi connectivity index (χ1n) is 7.03. The van der Waals surface area contributed by atoms with Gasteiger partial charge in [-0.2, -0.15) is 0 Å². The first kappa shape index (κ1) is 18.7. The molecule has 24 heavy (non-hydrogen) atoms. The molecule has 1 N–H and O–H groups in total. The number of halogens is 2. The van der Waals surface area contributed by atoms with Crippen LogP contribution in [-0.2, 0) is 26.2 Å². The number of hydrogen-bond donors (Lipinski definition) is 1. The van der Waals surface area contributed by atoms with E-state index in [2.05, 4.69) is 4.72 Å². The number of esters is 1. The summed E-state index contributed by atoms with van der Waals surface area (Å²) >= 11 is 11.6. The highest BCUT2D eigenvalue weighted by Gasteiger charge is 2.17.